The Hall–Kier alpha value is -0.157. The maximum atomic E-state index is 2.40. The first-order valence-corrected chi connectivity index (χ1v) is 5.53. The summed E-state index contributed by atoms with van der Waals surface area (Å²) in [5.74, 6) is 0.687. The van der Waals surface area contributed by atoms with E-state index in [1.54, 1.807) is 5.57 Å². The third kappa shape index (κ3) is 2.50. The van der Waals surface area contributed by atoms with Crippen molar-refractivity contribution in [2.45, 2.75) is 33.6 Å². The monoisotopic (exact) mass is 276 g/mol. The van der Waals surface area contributed by atoms with Gasteiger partial charge in [0, 0.05) is 26.2 Å². The van der Waals surface area contributed by atoms with Gasteiger partial charge in [-0.15, -0.1) is 0 Å². The van der Waals surface area contributed by atoms with Gasteiger partial charge in [0.05, 0.1) is 0 Å². The minimum absolute atomic E-state index is 0. The van der Waals surface area contributed by atoms with Crippen molar-refractivity contribution in [3.05, 3.63) is 40.5 Å². The topological polar surface area (TPSA) is 0 Å². The van der Waals surface area contributed by atoms with Crippen LogP contribution < -0.4 is 0 Å². The first-order valence-electron chi connectivity index (χ1n) is 5.53. The smallest absolute Gasteiger partial charge is 0 e. The standard InChI is InChI=1S/C14H18.Zr/c1-4-11-6-5-7-12-8-13(10(2)3)9-14(11)12;/h5-7,9-10H,4,8H2,1-3H3;. The Labute approximate surface area is 112 Å². The fourth-order valence-electron chi connectivity index (χ4n) is 2.14. The fraction of sp³-hybridized carbons (Fsp3) is 0.429. The molecule has 1 aliphatic carbocycles. The maximum absolute atomic E-state index is 2.40. The quantitative estimate of drug-likeness (QED) is 0.770. The summed E-state index contributed by atoms with van der Waals surface area (Å²) in [4.78, 5) is 0. The van der Waals surface area contributed by atoms with Gasteiger partial charge in [-0.1, -0.05) is 50.6 Å². The van der Waals surface area contributed by atoms with Crippen molar-refractivity contribution in [1.82, 2.24) is 0 Å². The van der Waals surface area contributed by atoms with Gasteiger partial charge in [0.15, 0.2) is 0 Å². The van der Waals surface area contributed by atoms with Crippen LogP contribution in [0.15, 0.2) is 23.8 Å². The van der Waals surface area contributed by atoms with Crippen LogP contribution in [0.2, 0.25) is 0 Å². The summed E-state index contributed by atoms with van der Waals surface area (Å²) in [5.41, 5.74) is 6.10. The fourth-order valence-corrected chi connectivity index (χ4v) is 2.14. The van der Waals surface area contributed by atoms with Crippen molar-refractivity contribution < 1.29 is 26.2 Å². The number of allylic oxidation sites excluding steroid dienone is 1. The minimum Gasteiger partial charge on any atom is -0.0626 e. The van der Waals surface area contributed by atoms with E-state index in [-0.39, 0.29) is 26.2 Å². The van der Waals surface area contributed by atoms with E-state index < -0.39 is 0 Å². The molecular weight excluding hydrogens is 259 g/mol. The SMILES string of the molecule is CCc1cccc2c1C=C(C(C)C)C2.[Zr]. The van der Waals surface area contributed by atoms with Crippen LogP contribution in [0, 0.1) is 5.92 Å². The summed E-state index contributed by atoms with van der Waals surface area (Å²) < 4.78 is 0. The van der Waals surface area contributed by atoms with Crippen molar-refractivity contribution in [3.63, 3.8) is 0 Å². The molecule has 78 valence electrons. The van der Waals surface area contributed by atoms with E-state index in [9.17, 15) is 0 Å². The molecule has 0 unspecified atom stereocenters. The number of benzene rings is 1. The van der Waals surface area contributed by atoms with Gasteiger partial charge in [-0.25, -0.2) is 0 Å². The van der Waals surface area contributed by atoms with Crippen LogP contribution in [0.1, 0.15) is 37.5 Å². The van der Waals surface area contributed by atoms with Crippen molar-refractivity contribution in [2.75, 3.05) is 0 Å². The second-order valence-electron chi connectivity index (χ2n) is 4.39. The van der Waals surface area contributed by atoms with Gasteiger partial charge in [0.1, 0.15) is 0 Å². The van der Waals surface area contributed by atoms with E-state index >= 15 is 0 Å². The average Bonchev–Trinajstić information content (AvgIpc) is 2.60. The molecule has 0 spiro atoms. The Kier molecular flexibility index (Phi) is 4.52. The van der Waals surface area contributed by atoms with Crippen LogP contribution in [0.25, 0.3) is 6.08 Å². The van der Waals surface area contributed by atoms with Gasteiger partial charge < -0.3 is 0 Å². The molecule has 15 heavy (non-hydrogen) atoms. The van der Waals surface area contributed by atoms with Crippen LogP contribution in [0.3, 0.4) is 0 Å². The van der Waals surface area contributed by atoms with Gasteiger partial charge in [-0.3, -0.25) is 0 Å². The van der Waals surface area contributed by atoms with Gasteiger partial charge in [0.25, 0.3) is 0 Å². The molecule has 0 radical (unpaired) electrons. The third-order valence-electron chi connectivity index (χ3n) is 3.13. The van der Waals surface area contributed by atoms with Crippen LogP contribution >= 0.6 is 0 Å². The predicted octanol–water partition coefficient (Wildman–Crippen LogP) is 3.84. The molecule has 0 saturated carbocycles. The molecule has 0 atom stereocenters. The Bertz CT molecular complexity index is 375. The van der Waals surface area contributed by atoms with Crippen molar-refractivity contribution in [1.29, 1.82) is 0 Å². The summed E-state index contributed by atoms with van der Waals surface area (Å²) in [6.45, 7) is 6.80. The first-order chi connectivity index (χ1) is 6.72. The molecule has 0 heterocycles. The van der Waals surface area contributed by atoms with Gasteiger partial charge in [0.2, 0.25) is 0 Å². The van der Waals surface area contributed by atoms with E-state index in [4.69, 9.17) is 0 Å². The van der Waals surface area contributed by atoms with Gasteiger partial charge in [-0.05, 0) is 35.4 Å². The first kappa shape index (κ1) is 12.9. The summed E-state index contributed by atoms with van der Waals surface area (Å²) >= 11 is 0. The molecule has 0 aromatic heterocycles. The molecule has 1 aromatic carbocycles. The van der Waals surface area contributed by atoms with E-state index in [0.29, 0.717) is 5.92 Å². The molecule has 0 saturated heterocycles. The maximum Gasteiger partial charge on any atom is 0 e. The largest absolute Gasteiger partial charge is 0.0626 e. The van der Waals surface area contributed by atoms with Crippen molar-refractivity contribution in [3.8, 4) is 0 Å². The van der Waals surface area contributed by atoms with E-state index in [1.807, 2.05) is 0 Å². The summed E-state index contributed by atoms with van der Waals surface area (Å²) in [5, 5.41) is 0. The third-order valence-corrected chi connectivity index (χ3v) is 3.13. The molecule has 1 aromatic rings. The number of hydrogen-bond acceptors (Lipinski definition) is 0. The molecule has 0 bridgehead atoms. The zero-order valence-corrected chi connectivity index (χ0v) is 12.3. The van der Waals surface area contributed by atoms with Crippen LogP contribution in [0.5, 0.6) is 0 Å². The molecular formula is C14H18Zr. The molecule has 0 fully saturated rings. The predicted molar refractivity (Wildman–Crippen MR) is 62.3 cm³/mol. The molecule has 2 rings (SSSR count). The summed E-state index contributed by atoms with van der Waals surface area (Å²) in [7, 11) is 0. The number of hydrogen-bond donors (Lipinski definition) is 0. The second-order valence-corrected chi connectivity index (χ2v) is 4.39. The molecule has 0 aliphatic heterocycles. The minimum atomic E-state index is 0. The molecule has 0 N–H and O–H groups in total. The molecule has 0 amide bonds. The second kappa shape index (κ2) is 5.26. The average molecular weight is 278 g/mol. The molecule has 0 nitrogen and oxygen atoms in total. The summed E-state index contributed by atoms with van der Waals surface area (Å²) in [6.07, 6.45) is 4.71. The van der Waals surface area contributed by atoms with E-state index in [1.165, 1.54) is 23.1 Å². The van der Waals surface area contributed by atoms with Crippen LogP contribution in [-0.2, 0) is 39.0 Å². The van der Waals surface area contributed by atoms with Crippen molar-refractivity contribution in [2.24, 2.45) is 5.92 Å². The zero-order valence-electron chi connectivity index (χ0n) is 9.80. The normalized spacial score (nSPS) is 13.5. The zero-order chi connectivity index (χ0) is 10.1. The van der Waals surface area contributed by atoms with Gasteiger partial charge in [-0.2, -0.15) is 0 Å². The van der Waals surface area contributed by atoms with Gasteiger partial charge >= 0.3 is 0 Å². The van der Waals surface area contributed by atoms with Crippen LogP contribution in [0.4, 0.5) is 0 Å². The number of aryl methyl sites for hydroxylation is 1. The van der Waals surface area contributed by atoms with Crippen molar-refractivity contribution >= 4 is 6.08 Å². The Morgan fingerprint density at radius 1 is 1.27 bits per heavy atom. The molecule has 1 aliphatic rings. The Morgan fingerprint density at radius 2 is 2.00 bits per heavy atom. The number of fused-ring (bicyclic) bond motifs is 1. The van der Waals surface area contributed by atoms with Crippen LogP contribution in [-0.4, -0.2) is 0 Å². The molecule has 1 heteroatoms. The van der Waals surface area contributed by atoms with E-state index in [2.05, 4.69) is 45.0 Å². The number of rotatable bonds is 2. The summed E-state index contributed by atoms with van der Waals surface area (Å²) in [6, 6.07) is 6.70. The Balaban J connectivity index is 0.00000112. The van der Waals surface area contributed by atoms with E-state index in [0.717, 1.165) is 6.42 Å². The Morgan fingerprint density at radius 3 is 2.60 bits per heavy atom.